The summed E-state index contributed by atoms with van der Waals surface area (Å²) in [6.45, 7) is 9.56. The second-order valence-electron chi connectivity index (χ2n) is 2.10. The predicted molar refractivity (Wildman–Crippen MR) is 38.3 cm³/mol. The van der Waals surface area contributed by atoms with Crippen molar-refractivity contribution in [1.82, 2.24) is 0 Å². The quantitative estimate of drug-likeness (QED) is 0.488. The average molecular weight is 110 g/mol. The fourth-order valence-electron chi connectivity index (χ4n) is 0.446. The molecule has 8 heavy (non-hydrogen) atoms. The van der Waals surface area contributed by atoms with Crippen LogP contribution in [0.4, 0.5) is 0 Å². The summed E-state index contributed by atoms with van der Waals surface area (Å²) in [7, 11) is 0. The molecule has 0 heterocycles. The highest BCUT2D eigenvalue weighted by molar-refractivity contribution is 4.87. The Labute approximate surface area is 52.6 Å². The maximum atomic E-state index is 3.78. The second kappa shape index (κ2) is 4.76. The Morgan fingerprint density at radius 1 is 1.88 bits per heavy atom. The van der Waals surface area contributed by atoms with Crippen LogP contribution in [-0.2, 0) is 0 Å². The van der Waals surface area contributed by atoms with Crippen molar-refractivity contribution in [3.05, 3.63) is 26.0 Å². The first kappa shape index (κ1) is 7.61. The molecule has 0 radical (unpaired) electrons. The number of rotatable bonds is 4. The smallest absolute Gasteiger partial charge is 0.0661 e. The van der Waals surface area contributed by atoms with E-state index >= 15 is 0 Å². The Balaban J connectivity index is 2.97. The van der Waals surface area contributed by atoms with E-state index in [0.717, 1.165) is 12.8 Å². The van der Waals surface area contributed by atoms with Gasteiger partial charge in [0.2, 0.25) is 0 Å². The van der Waals surface area contributed by atoms with E-state index in [1.807, 2.05) is 6.08 Å². The standard InChI is InChI=1S/C8H14/c1-4-6-7-8(3)5-2/h4,6,8H,1-2,5,7H2,3H3/q-2. The van der Waals surface area contributed by atoms with Crippen LogP contribution in [0, 0.1) is 19.3 Å². The van der Waals surface area contributed by atoms with Crippen LogP contribution in [-0.4, -0.2) is 0 Å². The molecule has 0 aromatic rings. The lowest BCUT2D eigenvalue weighted by molar-refractivity contribution is 0.587. The van der Waals surface area contributed by atoms with E-state index in [-0.39, 0.29) is 0 Å². The van der Waals surface area contributed by atoms with Crippen molar-refractivity contribution < 1.29 is 0 Å². The summed E-state index contributed by atoms with van der Waals surface area (Å²) in [5.41, 5.74) is 0. The number of hydrogen-bond acceptors (Lipinski definition) is 0. The molecule has 0 amide bonds. The maximum absolute atomic E-state index is 3.78. The van der Waals surface area contributed by atoms with Crippen molar-refractivity contribution in [2.24, 2.45) is 5.92 Å². The van der Waals surface area contributed by atoms with Gasteiger partial charge >= 0.3 is 0 Å². The van der Waals surface area contributed by atoms with E-state index in [9.17, 15) is 0 Å². The van der Waals surface area contributed by atoms with Gasteiger partial charge in [-0.25, -0.2) is 19.1 Å². The summed E-state index contributed by atoms with van der Waals surface area (Å²) < 4.78 is 0. The summed E-state index contributed by atoms with van der Waals surface area (Å²) in [4.78, 5) is 0. The van der Waals surface area contributed by atoms with E-state index < -0.39 is 0 Å². The fourth-order valence-corrected chi connectivity index (χ4v) is 0.446. The van der Waals surface area contributed by atoms with Crippen LogP contribution in [0.2, 0.25) is 0 Å². The highest BCUT2D eigenvalue weighted by Gasteiger charge is 1.85. The summed E-state index contributed by atoms with van der Waals surface area (Å²) in [6.07, 6.45) is 6.05. The van der Waals surface area contributed by atoms with E-state index in [4.69, 9.17) is 0 Å². The Morgan fingerprint density at radius 2 is 2.50 bits per heavy atom. The third-order valence-corrected chi connectivity index (χ3v) is 1.20. The molecule has 0 rings (SSSR count). The third-order valence-electron chi connectivity index (χ3n) is 1.20. The molecule has 0 aromatic carbocycles. The topological polar surface area (TPSA) is 0 Å². The van der Waals surface area contributed by atoms with Crippen LogP contribution in [0.3, 0.4) is 0 Å². The molecule has 0 N–H and O–H groups in total. The van der Waals surface area contributed by atoms with Gasteiger partial charge in [-0.2, -0.15) is 6.42 Å². The van der Waals surface area contributed by atoms with Gasteiger partial charge in [-0.1, -0.05) is 12.8 Å². The molecule has 1 atom stereocenters. The molecule has 0 bridgehead atoms. The van der Waals surface area contributed by atoms with Crippen LogP contribution in [0.15, 0.2) is 12.7 Å². The molecule has 48 valence electrons. The van der Waals surface area contributed by atoms with Gasteiger partial charge in [-0.3, -0.25) is 0 Å². The molecule has 0 aliphatic rings. The van der Waals surface area contributed by atoms with Gasteiger partial charge in [0, 0.05) is 0 Å². The summed E-state index contributed by atoms with van der Waals surface area (Å²) in [5.74, 6) is 0.716. The molecule has 0 saturated heterocycles. The van der Waals surface area contributed by atoms with Crippen molar-refractivity contribution in [2.75, 3.05) is 0 Å². The fraction of sp³-hybridized carbons (Fsp3) is 0.500. The summed E-state index contributed by atoms with van der Waals surface area (Å²) in [6, 6.07) is 0. The molecule has 0 aromatic heterocycles. The normalized spacial score (nSPS) is 12.8. The highest BCUT2D eigenvalue weighted by Crippen LogP contribution is 2.07. The Hall–Kier alpha value is -0.390. The van der Waals surface area contributed by atoms with Crippen molar-refractivity contribution >= 4 is 0 Å². The van der Waals surface area contributed by atoms with Crippen molar-refractivity contribution in [3.8, 4) is 0 Å². The average Bonchev–Trinajstić information content (AvgIpc) is 1.83. The first-order valence-electron chi connectivity index (χ1n) is 3.04. The Morgan fingerprint density at radius 3 is 2.88 bits per heavy atom. The molecule has 1 unspecified atom stereocenters. The van der Waals surface area contributed by atoms with Crippen LogP contribution < -0.4 is 0 Å². The van der Waals surface area contributed by atoms with Crippen molar-refractivity contribution in [1.29, 1.82) is 0 Å². The Bertz CT molecular complexity index is 55.1. The molecule has 0 nitrogen and oxygen atoms in total. The van der Waals surface area contributed by atoms with Gasteiger partial charge in [0.25, 0.3) is 0 Å². The zero-order valence-electron chi connectivity index (χ0n) is 5.56. The van der Waals surface area contributed by atoms with Crippen LogP contribution in [0.1, 0.15) is 19.8 Å². The molecule has 0 saturated carbocycles. The summed E-state index contributed by atoms with van der Waals surface area (Å²) >= 11 is 0. The van der Waals surface area contributed by atoms with Gasteiger partial charge in [0.05, 0.1) is 0 Å². The van der Waals surface area contributed by atoms with Crippen LogP contribution in [0.25, 0.3) is 0 Å². The molecule has 0 aliphatic heterocycles. The molecular weight excluding hydrogens is 96.1 g/mol. The Kier molecular flexibility index (Phi) is 4.53. The van der Waals surface area contributed by atoms with Crippen molar-refractivity contribution in [3.63, 3.8) is 0 Å². The highest BCUT2D eigenvalue weighted by atomic mass is 14.0. The van der Waals surface area contributed by atoms with E-state index in [1.54, 1.807) is 0 Å². The lowest BCUT2D eigenvalue weighted by Crippen LogP contribution is -1.89. The first-order chi connectivity index (χ1) is 3.81. The SMILES string of the molecule is C=C[CH-]CC(C)C[CH2-]. The van der Waals surface area contributed by atoms with Gasteiger partial charge in [-0.15, -0.1) is 6.42 Å². The molecule has 0 heteroatoms. The van der Waals surface area contributed by atoms with E-state index in [2.05, 4.69) is 26.8 Å². The third kappa shape index (κ3) is 3.79. The zero-order chi connectivity index (χ0) is 6.41. The number of hydrogen-bond donors (Lipinski definition) is 0. The monoisotopic (exact) mass is 110 g/mol. The van der Waals surface area contributed by atoms with Crippen LogP contribution in [0.5, 0.6) is 0 Å². The first-order valence-corrected chi connectivity index (χ1v) is 3.04. The van der Waals surface area contributed by atoms with E-state index in [0.29, 0.717) is 5.92 Å². The summed E-state index contributed by atoms with van der Waals surface area (Å²) in [5, 5.41) is 0. The molecule has 0 fully saturated rings. The lowest BCUT2D eigenvalue weighted by atomic mass is 10.0. The molecule has 0 spiro atoms. The molecule has 0 aliphatic carbocycles. The van der Waals surface area contributed by atoms with Gasteiger partial charge in [-0.05, 0) is 0 Å². The minimum atomic E-state index is 0.716. The van der Waals surface area contributed by atoms with Gasteiger partial charge < -0.3 is 6.92 Å². The zero-order valence-corrected chi connectivity index (χ0v) is 5.56. The lowest BCUT2D eigenvalue weighted by Gasteiger charge is -2.12. The minimum absolute atomic E-state index is 0.716. The largest absolute Gasteiger partial charge is 0.343 e. The predicted octanol–water partition coefficient (Wildman–Crippen LogP) is 2.63. The van der Waals surface area contributed by atoms with Crippen LogP contribution >= 0.6 is 0 Å². The van der Waals surface area contributed by atoms with Crippen molar-refractivity contribution in [2.45, 2.75) is 19.8 Å². The minimum Gasteiger partial charge on any atom is -0.343 e. The maximum Gasteiger partial charge on any atom is -0.0661 e. The van der Waals surface area contributed by atoms with Gasteiger partial charge in [0.15, 0.2) is 0 Å². The van der Waals surface area contributed by atoms with E-state index in [1.165, 1.54) is 0 Å². The second-order valence-corrected chi connectivity index (χ2v) is 2.10. The number of allylic oxidation sites excluding steroid dienone is 1. The van der Waals surface area contributed by atoms with Gasteiger partial charge in [0.1, 0.15) is 0 Å². The molecular formula is C8H14-2.